The lowest BCUT2D eigenvalue weighted by Gasteiger charge is -2.40. The number of hydrogen-bond acceptors (Lipinski definition) is 5. The molecule has 0 radical (unpaired) electrons. The van der Waals surface area contributed by atoms with Gasteiger partial charge in [-0.15, -0.1) is 0 Å². The fourth-order valence-electron chi connectivity index (χ4n) is 2.20. The molecule has 21 heavy (non-hydrogen) atoms. The Morgan fingerprint density at radius 3 is 2.48 bits per heavy atom. The SMILES string of the molecule is C[C@@H]1CN(c2ncc(Br)cn2)CCN1C(=O)OC(C)(C)C. The molecule has 2 heterocycles. The number of halogens is 1. The van der Waals surface area contributed by atoms with Gasteiger partial charge in [-0.05, 0) is 43.6 Å². The Bertz CT molecular complexity index is 501. The number of aromatic nitrogens is 2. The molecule has 1 aromatic rings. The molecule has 0 N–H and O–H groups in total. The quantitative estimate of drug-likeness (QED) is 0.774. The number of nitrogens with zero attached hydrogens (tertiary/aromatic N) is 4. The van der Waals surface area contributed by atoms with Crippen molar-refractivity contribution in [2.24, 2.45) is 0 Å². The molecule has 0 saturated carbocycles. The highest BCUT2D eigenvalue weighted by Gasteiger charge is 2.31. The molecule has 0 unspecified atom stereocenters. The zero-order valence-corrected chi connectivity index (χ0v) is 14.4. The van der Waals surface area contributed by atoms with Crippen LogP contribution in [-0.4, -0.2) is 52.2 Å². The van der Waals surface area contributed by atoms with Gasteiger partial charge in [-0.25, -0.2) is 14.8 Å². The molecule has 0 aliphatic carbocycles. The van der Waals surface area contributed by atoms with Crippen molar-refractivity contribution in [1.29, 1.82) is 0 Å². The van der Waals surface area contributed by atoms with Crippen molar-refractivity contribution < 1.29 is 9.53 Å². The minimum Gasteiger partial charge on any atom is -0.444 e. The minimum atomic E-state index is -0.469. The van der Waals surface area contributed by atoms with E-state index in [4.69, 9.17) is 4.74 Å². The average Bonchev–Trinajstić information content (AvgIpc) is 2.37. The van der Waals surface area contributed by atoms with E-state index in [1.54, 1.807) is 17.3 Å². The first-order valence-corrected chi connectivity index (χ1v) is 7.78. The van der Waals surface area contributed by atoms with Crippen LogP contribution in [0.5, 0.6) is 0 Å². The van der Waals surface area contributed by atoms with Crippen molar-refractivity contribution in [2.45, 2.75) is 39.3 Å². The number of rotatable bonds is 1. The summed E-state index contributed by atoms with van der Waals surface area (Å²) in [7, 11) is 0. The number of anilines is 1. The van der Waals surface area contributed by atoms with Crippen molar-refractivity contribution in [2.75, 3.05) is 24.5 Å². The zero-order chi connectivity index (χ0) is 15.6. The molecule has 6 nitrogen and oxygen atoms in total. The van der Waals surface area contributed by atoms with Gasteiger partial charge in [0.2, 0.25) is 5.95 Å². The Morgan fingerprint density at radius 2 is 1.95 bits per heavy atom. The van der Waals surface area contributed by atoms with Crippen LogP contribution >= 0.6 is 15.9 Å². The number of carbonyl (C=O) groups is 1. The summed E-state index contributed by atoms with van der Waals surface area (Å²) in [5, 5.41) is 0. The number of ether oxygens (including phenoxy) is 1. The third kappa shape index (κ3) is 4.30. The number of hydrogen-bond donors (Lipinski definition) is 0. The van der Waals surface area contributed by atoms with Crippen LogP contribution in [0, 0.1) is 0 Å². The van der Waals surface area contributed by atoms with E-state index in [-0.39, 0.29) is 12.1 Å². The van der Waals surface area contributed by atoms with Crippen LogP contribution in [0.4, 0.5) is 10.7 Å². The van der Waals surface area contributed by atoms with Gasteiger partial charge in [0, 0.05) is 38.1 Å². The summed E-state index contributed by atoms with van der Waals surface area (Å²) in [6.07, 6.45) is 3.20. The van der Waals surface area contributed by atoms with Gasteiger partial charge in [0.25, 0.3) is 0 Å². The molecule has 1 amide bonds. The van der Waals surface area contributed by atoms with E-state index in [0.29, 0.717) is 25.6 Å². The van der Waals surface area contributed by atoms with Crippen molar-refractivity contribution in [3.8, 4) is 0 Å². The standard InChI is InChI=1S/C14H21BrN4O2/c1-10-9-18(12-16-7-11(15)8-17-12)5-6-19(10)13(20)21-14(2,3)4/h7-8,10H,5-6,9H2,1-4H3/t10-/m1/s1. The predicted octanol–water partition coefficient (Wildman–Crippen LogP) is 2.68. The number of carbonyl (C=O) groups excluding carboxylic acids is 1. The molecule has 1 aliphatic rings. The maximum atomic E-state index is 12.2. The van der Waals surface area contributed by atoms with Gasteiger partial charge >= 0.3 is 6.09 Å². The van der Waals surface area contributed by atoms with Gasteiger partial charge in [-0.1, -0.05) is 0 Å². The zero-order valence-electron chi connectivity index (χ0n) is 12.8. The Kier molecular flexibility index (Phi) is 4.70. The summed E-state index contributed by atoms with van der Waals surface area (Å²) in [6, 6.07) is 0.0563. The largest absolute Gasteiger partial charge is 0.444 e. The first kappa shape index (κ1) is 16.0. The van der Waals surface area contributed by atoms with E-state index < -0.39 is 5.60 Å². The molecule has 0 spiro atoms. The van der Waals surface area contributed by atoms with E-state index in [1.165, 1.54) is 0 Å². The number of amides is 1. The van der Waals surface area contributed by atoms with Crippen LogP contribution in [0.15, 0.2) is 16.9 Å². The first-order valence-electron chi connectivity index (χ1n) is 6.98. The van der Waals surface area contributed by atoms with E-state index in [0.717, 1.165) is 4.47 Å². The van der Waals surface area contributed by atoms with Crippen molar-refractivity contribution in [1.82, 2.24) is 14.9 Å². The average molecular weight is 357 g/mol. The smallest absolute Gasteiger partial charge is 0.410 e. The van der Waals surface area contributed by atoms with Crippen LogP contribution in [0.1, 0.15) is 27.7 Å². The molecule has 2 rings (SSSR count). The molecular weight excluding hydrogens is 336 g/mol. The van der Waals surface area contributed by atoms with Gasteiger partial charge in [0.1, 0.15) is 5.60 Å². The maximum Gasteiger partial charge on any atom is 0.410 e. The van der Waals surface area contributed by atoms with Gasteiger partial charge in [0.05, 0.1) is 4.47 Å². The Morgan fingerprint density at radius 1 is 1.33 bits per heavy atom. The molecule has 1 aromatic heterocycles. The molecule has 116 valence electrons. The van der Waals surface area contributed by atoms with E-state index in [1.807, 2.05) is 27.7 Å². The van der Waals surface area contributed by atoms with Crippen molar-refractivity contribution in [3.05, 3.63) is 16.9 Å². The molecule has 1 fully saturated rings. The second kappa shape index (κ2) is 6.17. The fourth-order valence-corrected chi connectivity index (χ4v) is 2.40. The van der Waals surface area contributed by atoms with Gasteiger partial charge in [0.15, 0.2) is 0 Å². The molecule has 7 heteroatoms. The van der Waals surface area contributed by atoms with Crippen molar-refractivity contribution >= 4 is 28.0 Å². The third-order valence-corrected chi connectivity index (χ3v) is 3.55. The first-order chi connectivity index (χ1) is 9.76. The summed E-state index contributed by atoms with van der Waals surface area (Å²) >= 11 is 3.32. The van der Waals surface area contributed by atoms with E-state index >= 15 is 0 Å². The Labute approximate surface area is 133 Å². The third-order valence-electron chi connectivity index (χ3n) is 3.15. The summed E-state index contributed by atoms with van der Waals surface area (Å²) in [5.41, 5.74) is -0.469. The second-order valence-electron chi connectivity index (χ2n) is 6.17. The van der Waals surface area contributed by atoms with Gasteiger partial charge < -0.3 is 14.5 Å². The minimum absolute atomic E-state index is 0.0563. The van der Waals surface area contributed by atoms with Crippen LogP contribution in [0.25, 0.3) is 0 Å². The molecule has 1 saturated heterocycles. The Hall–Kier alpha value is -1.37. The molecule has 1 atom stereocenters. The highest BCUT2D eigenvalue weighted by molar-refractivity contribution is 9.10. The molecule has 1 aliphatic heterocycles. The van der Waals surface area contributed by atoms with E-state index in [9.17, 15) is 4.79 Å². The molecule has 0 aromatic carbocycles. The highest BCUT2D eigenvalue weighted by Crippen LogP contribution is 2.19. The van der Waals surface area contributed by atoms with E-state index in [2.05, 4.69) is 30.8 Å². The summed E-state index contributed by atoms with van der Waals surface area (Å²) in [5.74, 6) is 0.689. The van der Waals surface area contributed by atoms with Crippen LogP contribution in [-0.2, 0) is 4.74 Å². The lowest BCUT2D eigenvalue weighted by Crippen LogP contribution is -2.55. The van der Waals surface area contributed by atoms with Crippen LogP contribution in [0.3, 0.4) is 0 Å². The topological polar surface area (TPSA) is 58.6 Å². The maximum absolute atomic E-state index is 12.2. The summed E-state index contributed by atoms with van der Waals surface area (Å²) in [4.78, 5) is 24.6. The Balaban J connectivity index is 1.99. The van der Waals surface area contributed by atoms with Crippen LogP contribution in [0.2, 0.25) is 0 Å². The van der Waals surface area contributed by atoms with Gasteiger partial charge in [-0.2, -0.15) is 0 Å². The monoisotopic (exact) mass is 356 g/mol. The predicted molar refractivity (Wildman–Crippen MR) is 84.3 cm³/mol. The lowest BCUT2D eigenvalue weighted by molar-refractivity contribution is 0.0158. The molecule has 0 bridgehead atoms. The summed E-state index contributed by atoms with van der Waals surface area (Å²) < 4.78 is 6.29. The normalized spacial score (nSPS) is 19.6. The second-order valence-corrected chi connectivity index (χ2v) is 7.09. The van der Waals surface area contributed by atoms with Gasteiger partial charge in [-0.3, -0.25) is 0 Å². The molecular formula is C14H21BrN4O2. The fraction of sp³-hybridized carbons (Fsp3) is 0.643. The van der Waals surface area contributed by atoms with Crippen molar-refractivity contribution in [3.63, 3.8) is 0 Å². The highest BCUT2D eigenvalue weighted by atomic mass is 79.9. The number of piperazine rings is 1. The van der Waals surface area contributed by atoms with Crippen LogP contribution < -0.4 is 4.90 Å². The lowest BCUT2D eigenvalue weighted by atomic mass is 10.2. The summed E-state index contributed by atoms with van der Waals surface area (Å²) in [6.45, 7) is 9.64.